The second-order valence-corrected chi connectivity index (χ2v) is 10.0. The SMILES string of the molecule is O=C(C=Cc1ccc(O)c(O)c1)O[C@@H]([C@H](O)[C@@H](OC(=O)C=Cc1ccc(O)c(O)c1)C(=O)O)[C@H](OC(=O)C=Cc1ccc(O)c(O)c1)C(=O)O. The zero-order valence-electron chi connectivity index (χ0n) is 25.3. The largest absolute Gasteiger partial charge is 0.504 e. The highest BCUT2D eigenvalue weighted by molar-refractivity contribution is 5.91. The number of hydrogen-bond donors (Lipinski definition) is 9. The Morgan fingerprint density at radius 2 is 0.800 bits per heavy atom. The second-order valence-electron chi connectivity index (χ2n) is 10.0. The molecule has 0 saturated carbocycles. The van der Waals surface area contributed by atoms with Crippen molar-refractivity contribution in [3.05, 3.63) is 89.5 Å². The topological polar surface area (TPSA) is 295 Å². The number of carbonyl (C=O) groups excluding carboxylic acids is 3. The Bertz CT molecular complexity index is 1860. The molecule has 0 radical (unpaired) electrons. The molecule has 3 rings (SSSR count). The van der Waals surface area contributed by atoms with Crippen molar-refractivity contribution < 1.29 is 84.1 Å². The molecule has 9 N–H and O–H groups in total. The van der Waals surface area contributed by atoms with Crippen LogP contribution in [0.2, 0.25) is 0 Å². The van der Waals surface area contributed by atoms with Gasteiger partial charge in [-0.3, -0.25) is 0 Å². The highest BCUT2D eigenvalue weighted by Crippen LogP contribution is 2.27. The summed E-state index contributed by atoms with van der Waals surface area (Å²) in [4.78, 5) is 62.2. The van der Waals surface area contributed by atoms with Crippen molar-refractivity contribution in [3.63, 3.8) is 0 Å². The van der Waals surface area contributed by atoms with Gasteiger partial charge < -0.3 is 60.2 Å². The van der Waals surface area contributed by atoms with Gasteiger partial charge in [-0.15, -0.1) is 0 Å². The molecule has 3 aromatic carbocycles. The average Bonchev–Trinajstić information content (AvgIpc) is 3.06. The molecular formula is C33H28O17. The van der Waals surface area contributed by atoms with Gasteiger partial charge in [0.15, 0.2) is 40.6 Å². The molecule has 4 atom stereocenters. The monoisotopic (exact) mass is 696 g/mol. The Hall–Kier alpha value is -7.01. The van der Waals surface area contributed by atoms with Crippen LogP contribution in [0.1, 0.15) is 16.7 Å². The van der Waals surface area contributed by atoms with E-state index in [4.69, 9.17) is 14.2 Å². The number of carboxylic acids is 2. The molecule has 0 saturated heterocycles. The normalized spacial score (nSPS) is 13.8. The number of aromatic hydroxyl groups is 6. The van der Waals surface area contributed by atoms with Gasteiger partial charge in [-0.25, -0.2) is 24.0 Å². The first-order valence-corrected chi connectivity index (χ1v) is 13.9. The minimum Gasteiger partial charge on any atom is -0.504 e. The standard InChI is InChI=1S/C33H28O17/c34-19-7-1-16(13-22(19)37)4-10-25(40)48-29(31(33(46)47)50-27(42)12-6-18-3-9-21(36)24(39)15-18)28(43)30(32(44)45)49-26(41)11-5-17-2-8-20(35)23(38)14-17/h1-15,28-31,34-39,43H,(H,44,45)(H,46,47)/t28-,29-,30+,31-/m0/s1. The van der Waals surface area contributed by atoms with E-state index in [-0.39, 0.29) is 16.7 Å². The molecule has 0 unspecified atom stereocenters. The fourth-order valence-electron chi connectivity index (χ4n) is 3.93. The van der Waals surface area contributed by atoms with E-state index in [1.807, 2.05) is 0 Å². The number of esters is 3. The third-order valence-electron chi connectivity index (χ3n) is 6.40. The molecule has 17 heteroatoms. The Balaban J connectivity index is 1.91. The van der Waals surface area contributed by atoms with Crippen LogP contribution < -0.4 is 0 Å². The lowest BCUT2D eigenvalue weighted by atomic mass is 10.0. The Labute approximate surface area is 280 Å². The smallest absolute Gasteiger partial charge is 0.349 e. The van der Waals surface area contributed by atoms with Crippen LogP contribution in [0, 0.1) is 0 Å². The first-order valence-electron chi connectivity index (χ1n) is 13.9. The van der Waals surface area contributed by atoms with E-state index in [1.54, 1.807) is 0 Å². The van der Waals surface area contributed by atoms with Crippen LogP contribution in [0.25, 0.3) is 18.2 Å². The molecule has 0 aromatic heterocycles. The van der Waals surface area contributed by atoms with Crippen molar-refractivity contribution in [1.29, 1.82) is 0 Å². The van der Waals surface area contributed by atoms with E-state index >= 15 is 0 Å². The lowest BCUT2D eigenvalue weighted by Gasteiger charge is -2.30. The van der Waals surface area contributed by atoms with E-state index in [0.717, 1.165) is 54.6 Å². The minimum atomic E-state index is -2.72. The zero-order chi connectivity index (χ0) is 37.1. The maximum Gasteiger partial charge on any atom is 0.349 e. The fraction of sp³-hybridized carbons (Fsp3) is 0.121. The second kappa shape index (κ2) is 16.7. The number of rotatable bonds is 14. The van der Waals surface area contributed by atoms with Crippen molar-refractivity contribution in [1.82, 2.24) is 0 Å². The van der Waals surface area contributed by atoms with Gasteiger partial charge in [0.2, 0.25) is 12.2 Å². The van der Waals surface area contributed by atoms with Crippen LogP contribution in [0.3, 0.4) is 0 Å². The Kier molecular flexibility index (Phi) is 12.5. The molecule has 0 fully saturated rings. The molecule has 0 amide bonds. The third-order valence-corrected chi connectivity index (χ3v) is 6.40. The number of ether oxygens (including phenoxy) is 3. The predicted octanol–water partition coefficient (Wildman–Crippen LogP) is 1.63. The summed E-state index contributed by atoms with van der Waals surface area (Å²) in [6.45, 7) is 0. The lowest BCUT2D eigenvalue weighted by Crippen LogP contribution is -2.54. The Morgan fingerprint density at radius 1 is 0.480 bits per heavy atom. The molecule has 0 spiro atoms. The summed E-state index contributed by atoms with van der Waals surface area (Å²) >= 11 is 0. The van der Waals surface area contributed by atoms with Gasteiger partial charge in [-0.1, -0.05) is 18.2 Å². The molecule has 262 valence electrons. The highest BCUT2D eigenvalue weighted by Gasteiger charge is 2.46. The van der Waals surface area contributed by atoms with Gasteiger partial charge in [0.25, 0.3) is 0 Å². The van der Waals surface area contributed by atoms with Crippen molar-refractivity contribution in [2.24, 2.45) is 0 Å². The van der Waals surface area contributed by atoms with Crippen molar-refractivity contribution >= 4 is 48.1 Å². The predicted molar refractivity (Wildman–Crippen MR) is 167 cm³/mol. The van der Waals surface area contributed by atoms with Crippen LogP contribution in [0.4, 0.5) is 0 Å². The summed E-state index contributed by atoms with van der Waals surface area (Å²) in [5.41, 5.74) is 0.386. The first kappa shape index (κ1) is 37.4. The summed E-state index contributed by atoms with van der Waals surface area (Å²) in [6, 6.07) is 10.1. The van der Waals surface area contributed by atoms with Gasteiger partial charge in [-0.2, -0.15) is 0 Å². The Morgan fingerprint density at radius 3 is 1.12 bits per heavy atom. The van der Waals surface area contributed by atoms with Gasteiger partial charge in [-0.05, 0) is 71.3 Å². The number of hydrogen-bond acceptors (Lipinski definition) is 15. The molecule has 0 aliphatic carbocycles. The summed E-state index contributed by atoms with van der Waals surface area (Å²) in [6.07, 6.45) is -5.53. The van der Waals surface area contributed by atoms with E-state index in [0.29, 0.717) is 18.2 Å². The van der Waals surface area contributed by atoms with Crippen molar-refractivity contribution in [2.75, 3.05) is 0 Å². The number of aliphatic hydroxyl groups is 1. The van der Waals surface area contributed by atoms with Gasteiger partial charge in [0, 0.05) is 18.2 Å². The highest BCUT2D eigenvalue weighted by atomic mass is 16.6. The van der Waals surface area contributed by atoms with Crippen LogP contribution in [0.15, 0.2) is 72.8 Å². The number of benzene rings is 3. The summed E-state index contributed by atoms with van der Waals surface area (Å²) in [7, 11) is 0. The van der Waals surface area contributed by atoms with Crippen LogP contribution in [0.5, 0.6) is 34.5 Å². The lowest BCUT2D eigenvalue weighted by molar-refractivity contribution is -0.196. The average molecular weight is 697 g/mol. The molecule has 3 aromatic rings. The maximum atomic E-state index is 12.8. The van der Waals surface area contributed by atoms with Crippen LogP contribution >= 0.6 is 0 Å². The zero-order valence-corrected chi connectivity index (χ0v) is 25.3. The van der Waals surface area contributed by atoms with Crippen molar-refractivity contribution in [3.8, 4) is 34.5 Å². The van der Waals surface area contributed by atoms with Gasteiger partial charge in [0.1, 0.15) is 6.10 Å². The maximum absolute atomic E-state index is 12.8. The summed E-state index contributed by atoms with van der Waals surface area (Å²) in [5, 5.41) is 87.8. The number of carbonyl (C=O) groups is 5. The molecule has 0 heterocycles. The molecule has 0 aliphatic heterocycles. The number of phenols is 6. The summed E-state index contributed by atoms with van der Waals surface area (Å²) in [5.74, 6) is -11.5. The molecule has 0 bridgehead atoms. The molecule has 0 aliphatic rings. The van der Waals surface area contributed by atoms with E-state index in [1.165, 1.54) is 18.2 Å². The molecule has 17 nitrogen and oxygen atoms in total. The quantitative estimate of drug-likeness (QED) is 0.0501. The van der Waals surface area contributed by atoms with E-state index < -0.39 is 88.8 Å². The number of phenolic OH excluding ortho intramolecular Hbond substituents is 6. The molecular weight excluding hydrogens is 668 g/mol. The van der Waals surface area contributed by atoms with E-state index in [2.05, 4.69) is 0 Å². The van der Waals surface area contributed by atoms with Crippen LogP contribution in [-0.2, 0) is 38.2 Å². The van der Waals surface area contributed by atoms with Gasteiger partial charge in [0.05, 0.1) is 0 Å². The van der Waals surface area contributed by atoms with Crippen molar-refractivity contribution in [2.45, 2.75) is 24.4 Å². The van der Waals surface area contributed by atoms with E-state index in [9.17, 15) is 69.9 Å². The summed E-state index contributed by atoms with van der Waals surface area (Å²) < 4.78 is 14.7. The fourth-order valence-corrected chi connectivity index (χ4v) is 3.93. The molecule has 50 heavy (non-hydrogen) atoms. The van der Waals surface area contributed by atoms with Crippen LogP contribution in [-0.4, -0.2) is 100 Å². The van der Waals surface area contributed by atoms with Gasteiger partial charge >= 0.3 is 29.8 Å². The minimum absolute atomic E-state index is 0.118. The first-order chi connectivity index (χ1) is 23.5. The number of carboxylic acid groups (broad SMARTS) is 2. The third kappa shape index (κ3) is 10.5. The number of aliphatic hydroxyl groups excluding tert-OH is 1. The number of aliphatic carboxylic acids is 2.